The minimum absolute atomic E-state index is 0. The van der Waals surface area contributed by atoms with Crippen molar-refractivity contribution in [1.82, 2.24) is 19.8 Å². The van der Waals surface area contributed by atoms with E-state index < -0.39 is 10.0 Å². The van der Waals surface area contributed by atoms with Crippen LogP contribution in [0.15, 0.2) is 34.2 Å². The van der Waals surface area contributed by atoms with Crippen LogP contribution >= 0.6 is 24.0 Å². The molecule has 0 aromatic heterocycles. The first-order valence-corrected chi connectivity index (χ1v) is 11.8. The fraction of sp³-hybridized carbons (Fsp3) is 0.600. The molecule has 2 saturated heterocycles. The zero-order chi connectivity index (χ0) is 20.7. The highest BCUT2D eigenvalue weighted by atomic mass is 127. The van der Waals surface area contributed by atoms with Gasteiger partial charge in [-0.25, -0.2) is 13.4 Å². The number of amides is 1. The Hall–Kier alpha value is -1.40. The van der Waals surface area contributed by atoms with Crippen LogP contribution in [-0.2, 0) is 21.4 Å². The van der Waals surface area contributed by atoms with Gasteiger partial charge < -0.3 is 15.5 Å². The number of sulfonamides is 1. The smallest absolute Gasteiger partial charge is 0.243 e. The molecule has 2 fully saturated rings. The predicted octanol–water partition coefficient (Wildman–Crippen LogP) is 1.77. The van der Waals surface area contributed by atoms with Gasteiger partial charge in [0, 0.05) is 32.7 Å². The van der Waals surface area contributed by atoms with E-state index in [1.807, 2.05) is 11.8 Å². The largest absolute Gasteiger partial charge is 0.357 e. The molecule has 3 rings (SSSR count). The minimum Gasteiger partial charge on any atom is -0.357 e. The molecule has 2 heterocycles. The fourth-order valence-corrected chi connectivity index (χ4v) is 5.11. The van der Waals surface area contributed by atoms with E-state index in [0.29, 0.717) is 37.0 Å². The third kappa shape index (κ3) is 6.55. The molecule has 8 nitrogen and oxygen atoms in total. The molecule has 0 radical (unpaired) electrons. The van der Waals surface area contributed by atoms with E-state index in [2.05, 4.69) is 15.6 Å². The Morgan fingerprint density at radius 2 is 1.60 bits per heavy atom. The van der Waals surface area contributed by atoms with E-state index in [1.165, 1.54) is 0 Å². The van der Waals surface area contributed by atoms with Crippen LogP contribution < -0.4 is 10.6 Å². The van der Waals surface area contributed by atoms with Crippen molar-refractivity contribution in [3.05, 3.63) is 29.8 Å². The van der Waals surface area contributed by atoms with Crippen molar-refractivity contribution in [3.63, 3.8) is 0 Å². The predicted molar refractivity (Wildman–Crippen MR) is 128 cm³/mol. The first-order chi connectivity index (χ1) is 14.0. The molecule has 0 saturated carbocycles. The van der Waals surface area contributed by atoms with E-state index in [0.717, 1.165) is 44.3 Å². The Kier molecular flexibility index (Phi) is 9.82. The summed E-state index contributed by atoms with van der Waals surface area (Å²) in [6.07, 6.45) is 3.99. The number of rotatable bonds is 7. The molecule has 0 aliphatic carbocycles. The van der Waals surface area contributed by atoms with Gasteiger partial charge in [-0.3, -0.25) is 4.79 Å². The van der Waals surface area contributed by atoms with Gasteiger partial charge in [0.25, 0.3) is 0 Å². The quantitative estimate of drug-likeness (QED) is 0.307. The number of aliphatic imine (C=N–C) groups is 1. The van der Waals surface area contributed by atoms with Crippen molar-refractivity contribution in [2.24, 2.45) is 4.99 Å². The normalized spacial score (nSPS) is 17.6. The monoisotopic (exact) mass is 549 g/mol. The molecule has 0 unspecified atom stereocenters. The number of guanidine groups is 1. The number of hydrogen-bond acceptors (Lipinski definition) is 4. The summed E-state index contributed by atoms with van der Waals surface area (Å²) >= 11 is 0. The van der Waals surface area contributed by atoms with E-state index in [9.17, 15) is 13.2 Å². The second-order valence-electron chi connectivity index (χ2n) is 7.39. The van der Waals surface area contributed by atoms with Crippen LogP contribution in [0.25, 0.3) is 0 Å². The van der Waals surface area contributed by atoms with Crippen molar-refractivity contribution in [3.8, 4) is 0 Å². The molecule has 30 heavy (non-hydrogen) atoms. The lowest BCUT2D eigenvalue weighted by molar-refractivity contribution is -0.128. The molecule has 1 aromatic rings. The van der Waals surface area contributed by atoms with Crippen LogP contribution in [0.4, 0.5) is 0 Å². The zero-order valence-corrected chi connectivity index (χ0v) is 20.6. The van der Waals surface area contributed by atoms with Crippen molar-refractivity contribution < 1.29 is 13.2 Å². The third-order valence-corrected chi connectivity index (χ3v) is 7.17. The van der Waals surface area contributed by atoms with Gasteiger partial charge >= 0.3 is 0 Å². The molecule has 1 aromatic carbocycles. The van der Waals surface area contributed by atoms with E-state index in [4.69, 9.17) is 0 Å². The van der Waals surface area contributed by atoms with Gasteiger partial charge in [0.05, 0.1) is 18.0 Å². The molecule has 2 aliphatic rings. The Morgan fingerprint density at radius 1 is 1.00 bits per heavy atom. The second kappa shape index (κ2) is 11.8. The number of halogens is 1. The minimum atomic E-state index is -3.39. The maximum absolute atomic E-state index is 12.6. The second-order valence-corrected chi connectivity index (χ2v) is 9.33. The molecule has 10 heteroatoms. The fourth-order valence-electron chi connectivity index (χ4n) is 3.59. The molecule has 168 valence electrons. The number of hydrogen-bond donors (Lipinski definition) is 2. The Balaban J connectivity index is 0.00000320. The Morgan fingerprint density at radius 3 is 2.20 bits per heavy atom. The molecule has 1 amide bonds. The first-order valence-electron chi connectivity index (χ1n) is 10.4. The summed E-state index contributed by atoms with van der Waals surface area (Å²) in [5, 5.41) is 6.22. The van der Waals surface area contributed by atoms with Crippen LogP contribution in [0.1, 0.15) is 38.2 Å². The summed E-state index contributed by atoms with van der Waals surface area (Å²) in [4.78, 5) is 18.9. The highest BCUT2D eigenvalue weighted by Crippen LogP contribution is 2.21. The summed E-state index contributed by atoms with van der Waals surface area (Å²) in [5.74, 6) is 0.665. The van der Waals surface area contributed by atoms with Gasteiger partial charge in [-0.2, -0.15) is 4.31 Å². The van der Waals surface area contributed by atoms with Crippen LogP contribution in [0.2, 0.25) is 0 Å². The summed E-state index contributed by atoms with van der Waals surface area (Å²) in [5.41, 5.74) is 0.911. The molecular formula is C20H32IN5O3S. The molecule has 0 bridgehead atoms. The van der Waals surface area contributed by atoms with Crippen LogP contribution in [0.5, 0.6) is 0 Å². The third-order valence-electron chi connectivity index (χ3n) is 5.26. The van der Waals surface area contributed by atoms with Gasteiger partial charge in [-0.15, -0.1) is 24.0 Å². The summed E-state index contributed by atoms with van der Waals surface area (Å²) in [7, 11) is -3.39. The van der Waals surface area contributed by atoms with Crippen LogP contribution in [-0.4, -0.2) is 68.8 Å². The van der Waals surface area contributed by atoms with Gasteiger partial charge in [0.15, 0.2) is 5.96 Å². The number of nitrogens with zero attached hydrogens (tertiary/aromatic N) is 3. The number of carbonyl (C=O) groups is 1. The van der Waals surface area contributed by atoms with Crippen LogP contribution in [0, 0.1) is 0 Å². The van der Waals surface area contributed by atoms with Crippen molar-refractivity contribution in [2.45, 2.75) is 44.0 Å². The Labute approximate surface area is 196 Å². The summed E-state index contributed by atoms with van der Waals surface area (Å²) in [6.45, 7) is 6.15. The Bertz CT molecular complexity index is 817. The maximum Gasteiger partial charge on any atom is 0.243 e. The standard InChI is InChI=1S/C20H31N5O3S.HI/c1-2-21-20(23-16-19(26)24-11-3-4-12-24)22-15-17-7-9-18(10-8-17)29(27,28)25-13-5-6-14-25;/h7-10H,2-6,11-16H2,1H3,(H2,21,22,23);1H. The lowest BCUT2D eigenvalue weighted by atomic mass is 10.2. The van der Waals surface area contributed by atoms with Gasteiger partial charge in [0.1, 0.15) is 0 Å². The average molecular weight is 549 g/mol. The number of benzene rings is 1. The lowest BCUT2D eigenvalue weighted by Crippen LogP contribution is -2.44. The first kappa shape index (κ1) is 24.9. The van der Waals surface area contributed by atoms with Crippen molar-refractivity contribution in [2.75, 3.05) is 39.3 Å². The van der Waals surface area contributed by atoms with Gasteiger partial charge in [-0.1, -0.05) is 12.1 Å². The van der Waals surface area contributed by atoms with E-state index >= 15 is 0 Å². The molecule has 0 atom stereocenters. The van der Waals surface area contributed by atoms with E-state index in [-0.39, 0.29) is 36.4 Å². The molecule has 2 N–H and O–H groups in total. The number of nitrogens with one attached hydrogen (secondary N) is 2. The van der Waals surface area contributed by atoms with Crippen molar-refractivity contribution in [1.29, 1.82) is 0 Å². The van der Waals surface area contributed by atoms with Gasteiger partial charge in [0.2, 0.25) is 15.9 Å². The lowest BCUT2D eigenvalue weighted by Gasteiger charge is -2.17. The molecule has 2 aliphatic heterocycles. The highest BCUT2D eigenvalue weighted by molar-refractivity contribution is 14.0. The highest BCUT2D eigenvalue weighted by Gasteiger charge is 2.26. The molecular weight excluding hydrogens is 517 g/mol. The number of carbonyl (C=O) groups excluding carboxylic acids is 1. The van der Waals surface area contributed by atoms with Crippen LogP contribution in [0.3, 0.4) is 0 Å². The molecule has 0 spiro atoms. The average Bonchev–Trinajstić information content (AvgIpc) is 3.44. The van der Waals surface area contributed by atoms with E-state index in [1.54, 1.807) is 28.6 Å². The van der Waals surface area contributed by atoms with Crippen molar-refractivity contribution >= 4 is 45.9 Å². The summed E-state index contributed by atoms with van der Waals surface area (Å²) < 4.78 is 26.7. The number of likely N-dealkylation sites (tertiary alicyclic amines) is 1. The SMILES string of the molecule is CCNC(=NCc1ccc(S(=O)(=O)N2CCCC2)cc1)NCC(=O)N1CCCC1.I. The topological polar surface area (TPSA) is 94.1 Å². The zero-order valence-electron chi connectivity index (χ0n) is 17.5. The maximum atomic E-state index is 12.6. The summed E-state index contributed by atoms with van der Waals surface area (Å²) in [6, 6.07) is 6.89. The van der Waals surface area contributed by atoms with Gasteiger partial charge in [-0.05, 0) is 50.3 Å².